The number of hydrogen-bond acceptors (Lipinski definition) is 2. The van der Waals surface area contributed by atoms with Crippen molar-refractivity contribution in [1.82, 2.24) is 5.32 Å². The van der Waals surface area contributed by atoms with Gasteiger partial charge in [0.1, 0.15) is 0 Å². The van der Waals surface area contributed by atoms with Crippen LogP contribution in [0.15, 0.2) is 28.7 Å². The van der Waals surface area contributed by atoms with E-state index < -0.39 is 0 Å². The zero-order valence-corrected chi connectivity index (χ0v) is 13.5. The molecule has 0 radical (unpaired) electrons. The average molecular weight is 339 g/mol. The smallest absolute Gasteiger partial charge is 0.227 e. The van der Waals surface area contributed by atoms with Crippen molar-refractivity contribution in [2.75, 3.05) is 11.4 Å². The number of carbonyl (C=O) groups excluding carboxylic acids is 2. The van der Waals surface area contributed by atoms with Gasteiger partial charge in [0.2, 0.25) is 11.8 Å². The molecule has 0 saturated carbocycles. The second kappa shape index (κ2) is 5.56. The molecule has 1 N–H and O–H groups in total. The Balaban J connectivity index is 2.12. The minimum Gasteiger partial charge on any atom is -0.351 e. The van der Waals surface area contributed by atoms with Gasteiger partial charge in [-0.2, -0.15) is 0 Å². The van der Waals surface area contributed by atoms with Crippen molar-refractivity contribution in [2.45, 2.75) is 32.7 Å². The van der Waals surface area contributed by atoms with Crippen LogP contribution >= 0.6 is 15.9 Å². The minimum atomic E-state index is -0.283. The summed E-state index contributed by atoms with van der Waals surface area (Å²) in [6, 6.07) is 7.56. The zero-order chi connectivity index (χ0) is 14.9. The van der Waals surface area contributed by atoms with E-state index in [0.29, 0.717) is 6.54 Å². The number of nitrogens with one attached hydrogen (secondary N) is 1. The molecule has 0 aliphatic carbocycles. The zero-order valence-electron chi connectivity index (χ0n) is 11.9. The van der Waals surface area contributed by atoms with Crippen molar-refractivity contribution in [3.63, 3.8) is 0 Å². The molecule has 1 atom stereocenters. The standard InChI is InChI=1S/C15H19BrN2O2/c1-15(2,3)17-14(20)10-8-13(19)18(9-10)12-7-5-4-6-11(12)16/h4-7,10H,8-9H2,1-3H3,(H,17,20)/t10-/m0/s1. The van der Waals surface area contributed by atoms with Crippen molar-refractivity contribution in [1.29, 1.82) is 0 Å². The highest BCUT2D eigenvalue weighted by Gasteiger charge is 2.36. The summed E-state index contributed by atoms with van der Waals surface area (Å²) in [5.41, 5.74) is 0.546. The van der Waals surface area contributed by atoms with Crippen LogP contribution < -0.4 is 10.2 Å². The van der Waals surface area contributed by atoms with Crippen LogP contribution in [0.3, 0.4) is 0 Å². The summed E-state index contributed by atoms with van der Waals surface area (Å²) >= 11 is 3.45. The molecule has 0 unspecified atom stereocenters. The first-order valence-electron chi connectivity index (χ1n) is 6.65. The van der Waals surface area contributed by atoms with E-state index in [2.05, 4.69) is 21.2 Å². The molecule has 20 heavy (non-hydrogen) atoms. The lowest BCUT2D eigenvalue weighted by molar-refractivity contribution is -0.127. The van der Waals surface area contributed by atoms with E-state index in [1.807, 2.05) is 45.0 Å². The van der Waals surface area contributed by atoms with Crippen LogP contribution in [-0.2, 0) is 9.59 Å². The molecule has 108 valence electrons. The van der Waals surface area contributed by atoms with Crippen molar-refractivity contribution >= 4 is 33.4 Å². The Morgan fingerprint density at radius 2 is 2.00 bits per heavy atom. The number of amides is 2. The molecule has 2 amide bonds. The van der Waals surface area contributed by atoms with E-state index in [-0.39, 0.29) is 29.7 Å². The first kappa shape index (κ1) is 15.0. The topological polar surface area (TPSA) is 49.4 Å². The summed E-state index contributed by atoms with van der Waals surface area (Å²) in [7, 11) is 0. The van der Waals surface area contributed by atoms with Gasteiger partial charge < -0.3 is 10.2 Å². The second-order valence-electron chi connectivity index (χ2n) is 6.10. The Morgan fingerprint density at radius 3 is 2.60 bits per heavy atom. The fraction of sp³-hybridized carbons (Fsp3) is 0.467. The lowest BCUT2D eigenvalue weighted by Gasteiger charge is -2.23. The SMILES string of the molecule is CC(C)(C)NC(=O)[C@H]1CC(=O)N(c2ccccc2Br)C1. The Hall–Kier alpha value is -1.36. The Kier molecular flexibility index (Phi) is 4.18. The molecule has 0 spiro atoms. The van der Waals surface area contributed by atoms with Gasteiger partial charge in [0, 0.05) is 23.0 Å². The van der Waals surface area contributed by atoms with Crippen LogP contribution in [-0.4, -0.2) is 23.9 Å². The van der Waals surface area contributed by atoms with E-state index >= 15 is 0 Å². The molecule has 5 heteroatoms. The molecular weight excluding hydrogens is 320 g/mol. The van der Waals surface area contributed by atoms with Gasteiger partial charge in [0.15, 0.2) is 0 Å². The van der Waals surface area contributed by atoms with Crippen LogP contribution in [0.5, 0.6) is 0 Å². The summed E-state index contributed by atoms with van der Waals surface area (Å²) in [4.78, 5) is 26.0. The predicted molar refractivity (Wildman–Crippen MR) is 82.5 cm³/mol. The predicted octanol–water partition coefficient (Wildman–Crippen LogP) is 2.72. The highest BCUT2D eigenvalue weighted by Crippen LogP contribution is 2.31. The van der Waals surface area contributed by atoms with Gasteiger partial charge >= 0.3 is 0 Å². The fourth-order valence-electron chi connectivity index (χ4n) is 2.26. The van der Waals surface area contributed by atoms with Crippen molar-refractivity contribution < 1.29 is 9.59 Å². The van der Waals surface area contributed by atoms with Crippen LogP contribution in [0, 0.1) is 5.92 Å². The molecule has 2 rings (SSSR count). The molecule has 1 heterocycles. The normalized spacial score (nSPS) is 19.3. The third kappa shape index (κ3) is 3.39. The number of anilines is 1. The number of hydrogen-bond donors (Lipinski definition) is 1. The molecule has 1 aliphatic heterocycles. The molecule has 1 aromatic rings. The van der Waals surface area contributed by atoms with Gasteiger partial charge in [0.25, 0.3) is 0 Å². The molecule has 0 aromatic heterocycles. The number of carbonyl (C=O) groups is 2. The van der Waals surface area contributed by atoms with Crippen molar-refractivity contribution in [3.05, 3.63) is 28.7 Å². The summed E-state index contributed by atoms with van der Waals surface area (Å²) in [5.74, 6) is -0.347. The van der Waals surface area contributed by atoms with Gasteiger partial charge in [0.05, 0.1) is 11.6 Å². The van der Waals surface area contributed by atoms with Crippen LogP contribution in [0.2, 0.25) is 0 Å². The third-order valence-electron chi connectivity index (χ3n) is 3.14. The van der Waals surface area contributed by atoms with E-state index in [0.717, 1.165) is 10.2 Å². The summed E-state index contributed by atoms with van der Waals surface area (Å²) < 4.78 is 0.866. The fourth-order valence-corrected chi connectivity index (χ4v) is 2.76. The maximum atomic E-state index is 12.2. The van der Waals surface area contributed by atoms with E-state index in [1.165, 1.54) is 0 Å². The lowest BCUT2D eigenvalue weighted by Crippen LogP contribution is -2.44. The van der Waals surface area contributed by atoms with Crippen LogP contribution in [0.1, 0.15) is 27.2 Å². The second-order valence-corrected chi connectivity index (χ2v) is 6.95. The Morgan fingerprint density at radius 1 is 1.35 bits per heavy atom. The number of rotatable bonds is 2. The first-order chi connectivity index (χ1) is 9.28. The average Bonchev–Trinajstić information content (AvgIpc) is 2.70. The maximum Gasteiger partial charge on any atom is 0.227 e. The molecule has 1 aliphatic rings. The van der Waals surface area contributed by atoms with Gasteiger partial charge in [-0.05, 0) is 48.8 Å². The molecular formula is C15H19BrN2O2. The molecule has 0 bridgehead atoms. The molecule has 1 saturated heterocycles. The maximum absolute atomic E-state index is 12.2. The van der Waals surface area contributed by atoms with Gasteiger partial charge in [-0.15, -0.1) is 0 Å². The highest BCUT2D eigenvalue weighted by atomic mass is 79.9. The summed E-state index contributed by atoms with van der Waals surface area (Å²) in [6.45, 7) is 6.25. The molecule has 4 nitrogen and oxygen atoms in total. The number of benzene rings is 1. The first-order valence-corrected chi connectivity index (χ1v) is 7.44. The monoisotopic (exact) mass is 338 g/mol. The quantitative estimate of drug-likeness (QED) is 0.901. The minimum absolute atomic E-state index is 0.00837. The Labute approximate surface area is 127 Å². The van der Waals surface area contributed by atoms with Gasteiger partial charge in [-0.1, -0.05) is 12.1 Å². The van der Waals surface area contributed by atoms with E-state index in [4.69, 9.17) is 0 Å². The van der Waals surface area contributed by atoms with E-state index in [1.54, 1.807) is 4.90 Å². The summed E-state index contributed by atoms with van der Waals surface area (Å²) in [6.07, 6.45) is 0.267. The molecule has 1 fully saturated rings. The number of nitrogens with zero attached hydrogens (tertiary/aromatic N) is 1. The van der Waals surface area contributed by atoms with Crippen molar-refractivity contribution in [3.8, 4) is 0 Å². The third-order valence-corrected chi connectivity index (χ3v) is 3.81. The number of halogens is 1. The summed E-state index contributed by atoms with van der Waals surface area (Å²) in [5, 5.41) is 2.94. The van der Waals surface area contributed by atoms with Crippen LogP contribution in [0.25, 0.3) is 0 Å². The van der Waals surface area contributed by atoms with Crippen LogP contribution in [0.4, 0.5) is 5.69 Å². The van der Waals surface area contributed by atoms with Gasteiger partial charge in [-0.25, -0.2) is 0 Å². The highest BCUT2D eigenvalue weighted by molar-refractivity contribution is 9.10. The number of para-hydroxylation sites is 1. The lowest BCUT2D eigenvalue weighted by atomic mass is 10.0. The largest absolute Gasteiger partial charge is 0.351 e. The van der Waals surface area contributed by atoms with Gasteiger partial charge in [-0.3, -0.25) is 9.59 Å². The van der Waals surface area contributed by atoms with Crippen molar-refractivity contribution in [2.24, 2.45) is 5.92 Å². The van der Waals surface area contributed by atoms with E-state index in [9.17, 15) is 9.59 Å². The Bertz CT molecular complexity index is 537. The molecule has 1 aromatic carbocycles.